The third-order valence-electron chi connectivity index (χ3n) is 4.43. The number of benzene rings is 2. The van der Waals surface area contributed by atoms with Crippen LogP contribution in [0.1, 0.15) is 29.0 Å². The Labute approximate surface area is 152 Å². The summed E-state index contributed by atoms with van der Waals surface area (Å²) in [7, 11) is -1.96. The van der Waals surface area contributed by atoms with Crippen LogP contribution in [0.5, 0.6) is 5.75 Å². The Morgan fingerprint density at radius 1 is 1.27 bits per heavy atom. The van der Waals surface area contributed by atoms with E-state index in [-0.39, 0.29) is 18.2 Å². The maximum absolute atomic E-state index is 12.3. The second-order valence-corrected chi connectivity index (χ2v) is 6.42. The second kappa shape index (κ2) is 8.36. The van der Waals surface area contributed by atoms with Crippen LogP contribution in [-0.4, -0.2) is 36.1 Å². The van der Waals surface area contributed by atoms with Crippen LogP contribution in [0.25, 0.3) is 0 Å². The van der Waals surface area contributed by atoms with Crippen molar-refractivity contribution in [1.29, 1.82) is 0 Å². The highest BCUT2D eigenvalue weighted by Gasteiger charge is 2.30. The minimum absolute atomic E-state index is 0.00525. The number of amides is 1. The molecule has 1 unspecified atom stereocenters. The minimum Gasteiger partial charge on any atom is -0.492 e. The third-order valence-corrected chi connectivity index (χ3v) is 4.43. The zero-order chi connectivity index (χ0) is 18.5. The largest absolute Gasteiger partial charge is 0.635 e. The second-order valence-electron chi connectivity index (χ2n) is 6.42. The van der Waals surface area contributed by atoms with Crippen LogP contribution in [0.15, 0.2) is 48.5 Å². The average Bonchev–Trinajstić information content (AvgIpc) is 2.99. The molecule has 2 atom stereocenters. The van der Waals surface area contributed by atoms with Crippen molar-refractivity contribution in [3.05, 3.63) is 65.2 Å². The molecule has 1 heterocycles. The van der Waals surface area contributed by atoms with Crippen LogP contribution in [0.3, 0.4) is 0 Å². The molecule has 7 heteroatoms. The van der Waals surface area contributed by atoms with E-state index in [1.165, 1.54) is 0 Å². The molecule has 1 aliphatic heterocycles. The van der Waals surface area contributed by atoms with Crippen molar-refractivity contribution in [2.45, 2.75) is 31.9 Å². The Balaban J connectivity index is 1.66. The molecular weight excluding hydrogens is 333 g/mol. The van der Waals surface area contributed by atoms with Gasteiger partial charge in [0.15, 0.2) is 0 Å². The van der Waals surface area contributed by atoms with Crippen LogP contribution >= 0.6 is 0 Å². The number of carbonyl (C=O) groups is 1. The summed E-state index contributed by atoms with van der Waals surface area (Å²) in [6.45, 7) is 2.45. The Morgan fingerprint density at radius 2 is 2.04 bits per heavy atom. The normalized spacial score (nSPS) is 16.5. The molecule has 0 saturated carbocycles. The van der Waals surface area contributed by atoms with Crippen LogP contribution in [0.2, 0.25) is 0 Å². The van der Waals surface area contributed by atoms with Gasteiger partial charge in [-0.15, -0.1) is 0 Å². The summed E-state index contributed by atoms with van der Waals surface area (Å²) in [4.78, 5) is 12.3. The number of hydrogen-bond donors (Lipinski definition) is 3. The average molecular weight is 355 g/mol. The highest BCUT2D eigenvalue weighted by Crippen LogP contribution is 2.38. The van der Waals surface area contributed by atoms with E-state index >= 15 is 0 Å². The molecular formula is C19H22BNO5. The fourth-order valence-electron chi connectivity index (χ4n) is 3.23. The van der Waals surface area contributed by atoms with E-state index in [2.05, 4.69) is 5.32 Å². The predicted molar refractivity (Wildman–Crippen MR) is 97.4 cm³/mol. The Hall–Kier alpha value is -2.35. The van der Waals surface area contributed by atoms with E-state index in [0.717, 1.165) is 22.4 Å². The predicted octanol–water partition coefficient (Wildman–Crippen LogP) is 1.53. The van der Waals surface area contributed by atoms with Gasteiger partial charge in [-0.1, -0.05) is 48.5 Å². The summed E-state index contributed by atoms with van der Waals surface area (Å²) in [5.74, 6) is 0.618. The van der Waals surface area contributed by atoms with Gasteiger partial charge >= 0.3 is 7.32 Å². The summed E-state index contributed by atoms with van der Waals surface area (Å²) in [6.07, 6.45) is -0.250. The first kappa shape index (κ1) is 18.4. The highest BCUT2D eigenvalue weighted by atomic mass is 16.6. The standard InChI is InChI=1S/C19H22BNO5/c1-13-6-5-9-16-15(12-25-19(13)16)11-18(26-20(23)24)21-17(22)10-14-7-3-2-4-8-14/h2-9,15,18,23-24H,10-12H2,1H3,(H,21,22)/t15?,18-/m1/s1. The number of fused-ring (bicyclic) bond motifs is 1. The zero-order valence-corrected chi connectivity index (χ0v) is 14.6. The summed E-state index contributed by atoms with van der Waals surface area (Å²) < 4.78 is 10.8. The van der Waals surface area contributed by atoms with Gasteiger partial charge in [-0.3, -0.25) is 4.79 Å². The maximum Gasteiger partial charge on any atom is 0.635 e. The van der Waals surface area contributed by atoms with Crippen LogP contribution in [0, 0.1) is 6.92 Å². The molecule has 3 rings (SSSR count). The monoisotopic (exact) mass is 355 g/mol. The van der Waals surface area contributed by atoms with Crippen LogP contribution in [0.4, 0.5) is 0 Å². The first-order valence-corrected chi connectivity index (χ1v) is 8.60. The van der Waals surface area contributed by atoms with Gasteiger partial charge in [-0.05, 0) is 18.1 Å². The van der Waals surface area contributed by atoms with Crippen molar-refractivity contribution in [2.75, 3.05) is 6.61 Å². The third kappa shape index (κ3) is 4.63. The molecule has 6 nitrogen and oxygen atoms in total. The zero-order valence-electron chi connectivity index (χ0n) is 14.6. The molecule has 0 fully saturated rings. The molecule has 3 N–H and O–H groups in total. The molecule has 0 radical (unpaired) electrons. The summed E-state index contributed by atoms with van der Waals surface area (Å²) in [5.41, 5.74) is 2.97. The maximum atomic E-state index is 12.3. The van der Waals surface area contributed by atoms with E-state index in [0.29, 0.717) is 13.0 Å². The van der Waals surface area contributed by atoms with Crippen molar-refractivity contribution >= 4 is 13.2 Å². The molecule has 0 spiro atoms. The number of rotatable bonds is 7. The molecule has 136 valence electrons. The van der Waals surface area contributed by atoms with Crippen LogP contribution in [-0.2, 0) is 15.9 Å². The van der Waals surface area contributed by atoms with Gasteiger partial charge in [0.1, 0.15) is 12.0 Å². The van der Waals surface area contributed by atoms with Gasteiger partial charge in [0, 0.05) is 17.9 Å². The smallest absolute Gasteiger partial charge is 0.492 e. The van der Waals surface area contributed by atoms with Crippen molar-refractivity contribution in [1.82, 2.24) is 5.32 Å². The summed E-state index contributed by atoms with van der Waals surface area (Å²) in [6, 6.07) is 15.3. The first-order valence-electron chi connectivity index (χ1n) is 8.60. The number of carbonyl (C=O) groups excluding carboxylic acids is 1. The van der Waals surface area contributed by atoms with E-state index in [4.69, 9.17) is 9.39 Å². The number of ether oxygens (including phenoxy) is 1. The summed E-state index contributed by atoms with van der Waals surface area (Å²) >= 11 is 0. The van der Waals surface area contributed by atoms with E-state index in [1.54, 1.807) is 0 Å². The number of hydrogen-bond acceptors (Lipinski definition) is 5. The molecule has 1 amide bonds. The molecule has 0 saturated heterocycles. The molecule has 0 bridgehead atoms. The van der Waals surface area contributed by atoms with E-state index in [1.807, 2.05) is 55.5 Å². The van der Waals surface area contributed by atoms with Crippen molar-refractivity contribution in [2.24, 2.45) is 0 Å². The Bertz CT molecular complexity index is 753. The summed E-state index contributed by atoms with van der Waals surface area (Å²) in [5, 5.41) is 21.1. The minimum atomic E-state index is -1.96. The Morgan fingerprint density at radius 3 is 2.77 bits per heavy atom. The highest BCUT2D eigenvalue weighted by molar-refractivity contribution is 6.32. The SMILES string of the molecule is Cc1cccc2c1OCC2C[C@H](NC(=O)Cc1ccccc1)OB(O)O. The van der Waals surface area contributed by atoms with Gasteiger partial charge in [0.25, 0.3) is 0 Å². The van der Waals surface area contributed by atoms with Gasteiger partial charge in [0.2, 0.25) is 5.91 Å². The molecule has 0 aliphatic carbocycles. The van der Waals surface area contributed by atoms with Gasteiger partial charge in [-0.25, -0.2) is 0 Å². The molecule has 0 aromatic heterocycles. The molecule has 26 heavy (non-hydrogen) atoms. The lowest BCUT2D eigenvalue weighted by Gasteiger charge is -2.22. The quantitative estimate of drug-likeness (QED) is 0.518. The lowest BCUT2D eigenvalue weighted by atomic mass is 9.95. The molecule has 2 aromatic carbocycles. The Kier molecular flexibility index (Phi) is 5.93. The van der Waals surface area contributed by atoms with Crippen LogP contribution < -0.4 is 10.1 Å². The number of aryl methyl sites for hydroxylation is 1. The number of nitrogens with one attached hydrogen (secondary N) is 1. The first-order chi connectivity index (χ1) is 12.5. The topological polar surface area (TPSA) is 88.0 Å². The molecule has 2 aromatic rings. The molecule has 1 aliphatic rings. The van der Waals surface area contributed by atoms with Gasteiger partial charge < -0.3 is 24.8 Å². The van der Waals surface area contributed by atoms with E-state index < -0.39 is 13.5 Å². The lowest BCUT2D eigenvalue weighted by Crippen LogP contribution is -2.42. The van der Waals surface area contributed by atoms with Crippen molar-refractivity contribution in [3.8, 4) is 5.75 Å². The van der Waals surface area contributed by atoms with Crippen molar-refractivity contribution in [3.63, 3.8) is 0 Å². The van der Waals surface area contributed by atoms with E-state index in [9.17, 15) is 14.8 Å². The van der Waals surface area contributed by atoms with Gasteiger partial charge in [-0.2, -0.15) is 0 Å². The van der Waals surface area contributed by atoms with Crippen molar-refractivity contribution < 1.29 is 24.2 Å². The number of para-hydroxylation sites is 1. The fraction of sp³-hybridized carbons (Fsp3) is 0.316. The lowest BCUT2D eigenvalue weighted by molar-refractivity contribution is -0.123. The fourth-order valence-corrected chi connectivity index (χ4v) is 3.23. The van der Waals surface area contributed by atoms with Gasteiger partial charge in [0.05, 0.1) is 13.0 Å².